The number of ether oxygens (including phenoxy) is 4. The Hall–Kier alpha value is -8.56. The van der Waals surface area contributed by atoms with Gasteiger partial charge in [0.2, 0.25) is 0 Å². The van der Waals surface area contributed by atoms with Gasteiger partial charge in [0.05, 0.1) is 75.2 Å². The molecule has 18 heteroatoms. The van der Waals surface area contributed by atoms with E-state index in [0.717, 1.165) is 146 Å². The summed E-state index contributed by atoms with van der Waals surface area (Å²) in [6, 6.07) is 47.8. The van der Waals surface area contributed by atoms with Gasteiger partial charge in [-0.3, -0.25) is 18.7 Å². The fourth-order valence-corrected chi connectivity index (χ4v) is 23.7. The van der Waals surface area contributed by atoms with Crippen molar-refractivity contribution in [2.24, 2.45) is 0 Å². The fraction of sp³-hybridized carbons (Fsp3) is 0.422. The summed E-state index contributed by atoms with van der Waals surface area (Å²) in [7, 11) is 0. The molecule has 0 N–H and O–H groups in total. The van der Waals surface area contributed by atoms with Crippen LogP contribution in [-0.4, -0.2) is 35.6 Å². The number of rotatable bonds is 40. The Bertz CT molecular complexity index is 4840. The monoisotopic (exact) mass is 1550 g/mol. The summed E-state index contributed by atoms with van der Waals surface area (Å²) < 4.78 is 33.3. The molecule has 2 aliphatic carbocycles. The molecule has 2 aliphatic rings. The Kier molecular flexibility index (Phi) is 27.6. The third kappa shape index (κ3) is 16.3. The van der Waals surface area contributed by atoms with Crippen molar-refractivity contribution in [2.75, 3.05) is 26.4 Å². The molecule has 0 atom stereocenters. The first-order chi connectivity index (χ1) is 53.0. The largest absolute Gasteiger partial charge is 0.494 e. The molecule has 560 valence electrons. The molecule has 12 nitrogen and oxygen atoms in total. The lowest BCUT2D eigenvalue weighted by molar-refractivity contribution is 0.304. The minimum atomic E-state index is -0.949. The van der Waals surface area contributed by atoms with E-state index >= 15 is 0 Å². The Labute approximate surface area is 660 Å². The van der Waals surface area contributed by atoms with E-state index in [4.69, 9.17) is 18.9 Å². The van der Waals surface area contributed by atoms with Gasteiger partial charge in [0.1, 0.15) is 56.6 Å². The van der Waals surface area contributed by atoms with Crippen LogP contribution in [0.25, 0.3) is 52.2 Å². The van der Waals surface area contributed by atoms with Gasteiger partial charge in [-0.2, -0.15) is 21.0 Å². The van der Waals surface area contributed by atoms with E-state index in [2.05, 4.69) is 137 Å². The minimum Gasteiger partial charge on any atom is -0.494 e. The van der Waals surface area contributed by atoms with Crippen LogP contribution in [0.5, 0.6) is 23.0 Å². The van der Waals surface area contributed by atoms with E-state index in [1.807, 2.05) is 72.9 Å². The molecule has 0 saturated carbocycles. The predicted octanol–water partition coefficient (Wildman–Crippen LogP) is 21.3. The van der Waals surface area contributed by atoms with Crippen molar-refractivity contribution in [2.45, 2.75) is 220 Å². The topological polar surface area (TPSA) is 176 Å². The fourth-order valence-electron chi connectivity index (χ4n) is 15.6. The summed E-state index contributed by atoms with van der Waals surface area (Å²) >= 11 is 9.35. The number of aromatic nitrogens is 2. The second-order valence-corrected chi connectivity index (χ2v) is 34.5. The standard InChI is InChI=1S/C90H98N6O6S6/c1-7-13-17-21-25-29-49-99-67-41-33-63(34-42-67)89(64-35-43-68(44-36-64)100-50-30-26-22-18-14-8-2)73-53-71(55-75-85(97)95(11-5)87(105-75)61(57-91)58-92)103-79(73)81-77(89)83-84(107-81)78-82(108-83)80-74(54-72(104-80)56-76-86(98)96(12-6)88(106-76)62(59-93)60-94)90(78,65-37-45-69(46-38-65)101-51-31-27-23-19-15-9-3)66-39-47-70(48-40-66)102-52-32-28-24-20-16-10-4/h33-48,53-56H,7-32,49-52H2,1-6H3/b75-55+,76-56+. The van der Waals surface area contributed by atoms with Crippen LogP contribution in [0.4, 0.5) is 0 Å². The SMILES string of the molecule is CCCCCCCCOc1ccc(C2(c3ccc(OCCCCCCCC)cc3)c3cc(/C=c4/sc(=C(C#N)C#N)n(CC)c4=O)sc3-c3sc4c5c(sc4c32)-c2sc(/C=c3/sc(=C(C#N)C#N)n(CC)c3=O)cc2C5(c2ccc(OCCCCCCCC)cc2)c2ccc(OCCCCCCCC)cc2)cc1. The Morgan fingerprint density at radius 2 is 0.630 bits per heavy atom. The zero-order valence-corrected chi connectivity index (χ0v) is 68.2. The molecule has 0 amide bonds. The van der Waals surface area contributed by atoms with E-state index in [1.165, 1.54) is 146 Å². The second kappa shape index (κ2) is 37.7. The molecule has 6 heterocycles. The number of unbranched alkanes of at least 4 members (excludes halogenated alkanes) is 20. The van der Waals surface area contributed by atoms with Crippen molar-refractivity contribution in [3.05, 3.63) is 203 Å². The highest BCUT2D eigenvalue weighted by Crippen LogP contribution is 2.70. The molecule has 10 aromatic rings. The highest BCUT2D eigenvalue weighted by atomic mass is 32.1. The maximum absolute atomic E-state index is 14.5. The van der Waals surface area contributed by atoms with Crippen LogP contribution in [-0.2, 0) is 23.9 Å². The summed E-state index contributed by atoms with van der Waals surface area (Å²) in [6.45, 7) is 15.8. The molecule has 108 heavy (non-hydrogen) atoms. The molecule has 0 spiro atoms. The van der Waals surface area contributed by atoms with Crippen LogP contribution < -0.4 is 48.5 Å². The van der Waals surface area contributed by atoms with Gasteiger partial charge in [-0.15, -0.1) is 68.0 Å². The molecule has 0 fully saturated rings. The second-order valence-electron chi connectivity index (χ2n) is 28.2. The van der Waals surface area contributed by atoms with Crippen LogP contribution >= 0.6 is 68.0 Å². The normalized spacial score (nSPS) is 13.2. The highest BCUT2D eigenvalue weighted by molar-refractivity contribution is 7.34. The average molecular weight is 1550 g/mol. The van der Waals surface area contributed by atoms with Gasteiger partial charge >= 0.3 is 0 Å². The number of benzene rings is 4. The average Bonchev–Trinajstić information content (AvgIpc) is 1.49. The van der Waals surface area contributed by atoms with Crippen molar-refractivity contribution in [3.63, 3.8) is 0 Å². The quantitative estimate of drug-likeness (QED) is 0.0336. The molecule has 0 bridgehead atoms. The lowest BCUT2D eigenvalue weighted by Gasteiger charge is -2.34. The van der Waals surface area contributed by atoms with Gasteiger partial charge in [-0.1, -0.05) is 205 Å². The maximum Gasteiger partial charge on any atom is 0.269 e. The number of thiazole rings is 2. The minimum absolute atomic E-state index is 0.0930. The first-order valence-electron chi connectivity index (χ1n) is 39.3. The van der Waals surface area contributed by atoms with Gasteiger partial charge in [0, 0.05) is 34.0 Å². The number of fused-ring (bicyclic) bond motifs is 9. The third-order valence-electron chi connectivity index (χ3n) is 21.1. The zero-order valence-electron chi connectivity index (χ0n) is 63.3. The van der Waals surface area contributed by atoms with E-state index < -0.39 is 10.8 Å². The Balaban J connectivity index is 1.11. The van der Waals surface area contributed by atoms with Gasteiger partial charge in [0.15, 0.2) is 11.1 Å². The first kappa shape index (κ1) is 79.0. The molecule has 0 aliphatic heterocycles. The van der Waals surface area contributed by atoms with Crippen molar-refractivity contribution in [1.29, 1.82) is 21.0 Å². The Morgan fingerprint density at radius 1 is 0.361 bits per heavy atom. The number of hydrogen-bond acceptors (Lipinski definition) is 16. The van der Waals surface area contributed by atoms with Crippen LogP contribution in [0.2, 0.25) is 0 Å². The number of nitrogens with zero attached hydrogens (tertiary/aromatic N) is 6. The van der Waals surface area contributed by atoms with Crippen molar-refractivity contribution in [3.8, 4) is 66.8 Å². The summed E-state index contributed by atoms with van der Waals surface area (Å²) in [5, 5.41) is 40.6. The third-order valence-corrected chi connectivity index (χ3v) is 28.4. The van der Waals surface area contributed by atoms with Crippen LogP contribution in [0.1, 0.15) is 250 Å². The number of thiophene rings is 4. The van der Waals surface area contributed by atoms with Crippen molar-refractivity contribution < 1.29 is 18.9 Å². The zero-order chi connectivity index (χ0) is 75.6. The van der Waals surface area contributed by atoms with Crippen LogP contribution in [0.3, 0.4) is 0 Å². The molecular weight excluding hydrogens is 1450 g/mol. The van der Waals surface area contributed by atoms with Crippen molar-refractivity contribution in [1.82, 2.24) is 9.13 Å². The summed E-state index contributed by atoms with van der Waals surface area (Å²) in [6.07, 6.45) is 31.7. The summed E-state index contributed by atoms with van der Waals surface area (Å²) in [5.41, 5.74) is 6.15. The van der Waals surface area contributed by atoms with Gasteiger partial charge in [-0.05, 0) is 146 Å². The molecule has 12 rings (SSSR count). The Morgan fingerprint density at radius 3 is 0.889 bits per heavy atom. The van der Waals surface area contributed by atoms with E-state index in [0.29, 0.717) is 57.9 Å². The number of nitriles is 4. The van der Waals surface area contributed by atoms with Crippen molar-refractivity contribution >= 4 is 101 Å². The highest BCUT2D eigenvalue weighted by Gasteiger charge is 2.55. The lowest BCUT2D eigenvalue weighted by Crippen LogP contribution is -2.31. The maximum atomic E-state index is 14.5. The van der Waals surface area contributed by atoms with Gasteiger partial charge in [-0.25, -0.2) is 0 Å². The smallest absolute Gasteiger partial charge is 0.269 e. The molecule has 4 aromatic carbocycles. The number of hydrogen-bond donors (Lipinski definition) is 0. The van der Waals surface area contributed by atoms with Gasteiger partial charge < -0.3 is 18.9 Å². The summed E-state index contributed by atoms with van der Waals surface area (Å²) in [4.78, 5) is 35.2. The molecule has 6 aromatic heterocycles. The van der Waals surface area contributed by atoms with Gasteiger partial charge in [0.25, 0.3) is 11.1 Å². The predicted molar refractivity (Wildman–Crippen MR) is 449 cm³/mol. The van der Waals surface area contributed by atoms with E-state index in [1.54, 1.807) is 22.7 Å². The molecule has 0 radical (unpaired) electrons. The molecule has 0 saturated heterocycles. The first-order valence-corrected chi connectivity index (χ1v) is 44.2. The molecule has 0 unspecified atom stereocenters. The lowest BCUT2D eigenvalue weighted by atomic mass is 9.67. The van der Waals surface area contributed by atoms with E-state index in [-0.39, 0.29) is 22.3 Å². The van der Waals surface area contributed by atoms with Crippen LogP contribution in [0.15, 0.2) is 119 Å². The summed E-state index contributed by atoms with van der Waals surface area (Å²) in [5.74, 6) is 3.21. The van der Waals surface area contributed by atoms with Crippen LogP contribution in [0, 0.1) is 45.3 Å². The molecular formula is C90H98N6O6S6. The van der Waals surface area contributed by atoms with E-state index in [9.17, 15) is 30.6 Å².